The highest BCUT2D eigenvalue weighted by molar-refractivity contribution is 7.98. The average molecular weight is 351 g/mol. The predicted molar refractivity (Wildman–Crippen MR) is 96.5 cm³/mol. The van der Waals surface area contributed by atoms with Gasteiger partial charge in [0.15, 0.2) is 0 Å². The zero-order chi connectivity index (χ0) is 17.8. The van der Waals surface area contributed by atoms with E-state index in [1.54, 1.807) is 13.4 Å². The van der Waals surface area contributed by atoms with Gasteiger partial charge < -0.3 is 9.15 Å². The number of oxazole rings is 1. The van der Waals surface area contributed by atoms with Gasteiger partial charge in [-0.3, -0.25) is 0 Å². The highest BCUT2D eigenvalue weighted by atomic mass is 32.2. The topological polar surface area (TPSA) is 71.9 Å². The summed E-state index contributed by atoms with van der Waals surface area (Å²) < 4.78 is 10.7. The summed E-state index contributed by atoms with van der Waals surface area (Å²) in [4.78, 5) is 8.98. The number of methoxy groups -OCH3 is 1. The molecule has 3 rings (SSSR count). The molecule has 0 radical (unpaired) electrons. The maximum absolute atomic E-state index is 9.34. The number of nitriles is 1. The predicted octanol–water partition coefficient (Wildman–Crippen LogP) is 4.53. The fraction of sp³-hybridized carbons (Fsp3) is 0.211. The number of rotatable bonds is 5. The van der Waals surface area contributed by atoms with Gasteiger partial charge in [0.05, 0.1) is 18.4 Å². The molecule has 2 aromatic heterocycles. The molecule has 0 saturated heterocycles. The van der Waals surface area contributed by atoms with Crippen molar-refractivity contribution in [2.75, 3.05) is 7.11 Å². The lowest BCUT2D eigenvalue weighted by Gasteiger charge is -2.06. The zero-order valence-corrected chi connectivity index (χ0v) is 15.1. The van der Waals surface area contributed by atoms with Gasteiger partial charge in [0.2, 0.25) is 5.89 Å². The average Bonchev–Trinajstić information content (AvgIpc) is 3.08. The highest BCUT2D eigenvalue weighted by Crippen LogP contribution is 2.28. The van der Waals surface area contributed by atoms with Gasteiger partial charge in [-0.25, -0.2) is 9.97 Å². The molecule has 0 unspecified atom stereocenters. The molecule has 2 heterocycles. The van der Waals surface area contributed by atoms with Crippen LogP contribution in [0.25, 0.3) is 11.5 Å². The van der Waals surface area contributed by atoms with Crippen LogP contribution in [0.4, 0.5) is 0 Å². The van der Waals surface area contributed by atoms with Crippen molar-refractivity contribution in [3.05, 3.63) is 59.1 Å². The van der Waals surface area contributed by atoms with Gasteiger partial charge in [-0.05, 0) is 49.7 Å². The van der Waals surface area contributed by atoms with Crippen LogP contribution in [-0.4, -0.2) is 17.1 Å². The van der Waals surface area contributed by atoms with E-state index < -0.39 is 0 Å². The van der Waals surface area contributed by atoms with E-state index in [2.05, 4.69) is 16.0 Å². The second-order valence-corrected chi connectivity index (χ2v) is 6.50. The van der Waals surface area contributed by atoms with Gasteiger partial charge in [0.25, 0.3) is 0 Å². The Morgan fingerprint density at radius 2 is 1.96 bits per heavy atom. The fourth-order valence-corrected chi connectivity index (χ4v) is 3.40. The van der Waals surface area contributed by atoms with E-state index in [0.717, 1.165) is 33.3 Å². The number of thioether (sulfide) groups is 1. The SMILES string of the molecule is COc1ccc(-c2nc(CSc3nc(C)cc(C)c3C#N)co2)cc1. The largest absolute Gasteiger partial charge is 0.497 e. The van der Waals surface area contributed by atoms with E-state index >= 15 is 0 Å². The van der Waals surface area contributed by atoms with E-state index in [1.807, 2.05) is 44.2 Å². The van der Waals surface area contributed by atoms with Gasteiger partial charge in [0.1, 0.15) is 23.1 Å². The van der Waals surface area contributed by atoms with Gasteiger partial charge in [0, 0.05) is 17.0 Å². The van der Waals surface area contributed by atoms with Crippen LogP contribution < -0.4 is 4.74 Å². The molecule has 6 heteroatoms. The van der Waals surface area contributed by atoms with Crippen LogP contribution >= 0.6 is 11.8 Å². The molecule has 0 fully saturated rings. The Morgan fingerprint density at radius 1 is 1.20 bits per heavy atom. The number of pyridine rings is 1. The molecule has 0 spiro atoms. The van der Waals surface area contributed by atoms with Crippen LogP contribution in [-0.2, 0) is 5.75 Å². The minimum Gasteiger partial charge on any atom is -0.497 e. The zero-order valence-electron chi connectivity index (χ0n) is 14.2. The van der Waals surface area contributed by atoms with Crippen molar-refractivity contribution in [2.45, 2.75) is 24.6 Å². The molecule has 0 aliphatic carbocycles. The lowest BCUT2D eigenvalue weighted by molar-refractivity contribution is 0.415. The summed E-state index contributed by atoms with van der Waals surface area (Å²) in [5, 5.41) is 10.1. The second kappa shape index (κ2) is 7.41. The standard InChI is InChI=1S/C19H17N3O2S/c1-12-8-13(2)21-19(17(12)9-20)25-11-15-10-24-18(22-15)14-4-6-16(23-3)7-5-14/h4-8,10H,11H2,1-3H3. The molecule has 0 N–H and O–H groups in total. The quantitative estimate of drug-likeness (QED) is 0.629. The third-order valence-electron chi connectivity index (χ3n) is 3.67. The van der Waals surface area contributed by atoms with Crippen LogP contribution in [0.15, 0.2) is 46.0 Å². The molecule has 3 aromatic rings. The van der Waals surface area contributed by atoms with Gasteiger partial charge >= 0.3 is 0 Å². The Kier molecular flexibility index (Phi) is 5.05. The summed E-state index contributed by atoms with van der Waals surface area (Å²) in [6, 6.07) is 11.7. The number of nitrogens with zero attached hydrogens (tertiary/aromatic N) is 3. The van der Waals surface area contributed by atoms with E-state index in [-0.39, 0.29) is 0 Å². The Labute approximate surface area is 150 Å². The number of aryl methyl sites for hydroxylation is 2. The first kappa shape index (κ1) is 17.1. The third-order valence-corrected chi connectivity index (χ3v) is 4.68. The van der Waals surface area contributed by atoms with Gasteiger partial charge in [-0.1, -0.05) is 11.8 Å². The second-order valence-electron chi connectivity index (χ2n) is 5.53. The monoisotopic (exact) mass is 351 g/mol. The van der Waals surface area contributed by atoms with Crippen molar-refractivity contribution < 1.29 is 9.15 Å². The molecule has 0 atom stereocenters. The minimum absolute atomic E-state index is 0.562. The van der Waals surface area contributed by atoms with Crippen LogP contribution in [0.5, 0.6) is 5.75 Å². The molecule has 126 valence electrons. The number of benzene rings is 1. The van der Waals surface area contributed by atoms with Gasteiger partial charge in [-0.2, -0.15) is 5.26 Å². The first-order valence-corrected chi connectivity index (χ1v) is 8.69. The Hall–Kier alpha value is -2.78. The number of ether oxygens (including phenoxy) is 1. The maximum atomic E-state index is 9.34. The molecule has 0 bridgehead atoms. The summed E-state index contributed by atoms with van der Waals surface area (Å²) in [5.74, 6) is 1.94. The number of aromatic nitrogens is 2. The summed E-state index contributed by atoms with van der Waals surface area (Å²) in [6.45, 7) is 3.85. The minimum atomic E-state index is 0.562. The summed E-state index contributed by atoms with van der Waals surface area (Å²) in [5.41, 5.74) is 4.16. The fourth-order valence-electron chi connectivity index (χ4n) is 2.42. The van der Waals surface area contributed by atoms with Crippen LogP contribution in [0.3, 0.4) is 0 Å². The molecule has 0 amide bonds. The van der Waals surface area contributed by atoms with E-state index in [0.29, 0.717) is 17.2 Å². The lowest BCUT2D eigenvalue weighted by Crippen LogP contribution is -1.94. The van der Waals surface area contributed by atoms with Crippen molar-refractivity contribution in [3.63, 3.8) is 0 Å². The molecule has 25 heavy (non-hydrogen) atoms. The van der Waals surface area contributed by atoms with Crippen LogP contribution in [0.1, 0.15) is 22.5 Å². The molecule has 0 saturated carbocycles. The molecular formula is C19H17N3O2S. The van der Waals surface area contributed by atoms with Gasteiger partial charge in [-0.15, -0.1) is 0 Å². The molecule has 1 aromatic carbocycles. The van der Waals surface area contributed by atoms with Crippen LogP contribution in [0.2, 0.25) is 0 Å². The lowest BCUT2D eigenvalue weighted by atomic mass is 10.1. The van der Waals surface area contributed by atoms with Crippen LogP contribution in [0, 0.1) is 25.2 Å². The van der Waals surface area contributed by atoms with E-state index in [9.17, 15) is 5.26 Å². The van der Waals surface area contributed by atoms with Crippen molar-refractivity contribution in [2.24, 2.45) is 0 Å². The highest BCUT2D eigenvalue weighted by Gasteiger charge is 2.12. The van der Waals surface area contributed by atoms with Crippen molar-refractivity contribution >= 4 is 11.8 Å². The summed E-state index contributed by atoms with van der Waals surface area (Å²) in [7, 11) is 1.63. The number of hydrogen-bond donors (Lipinski definition) is 0. The number of hydrogen-bond acceptors (Lipinski definition) is 6. The summed E-state index contributed by atoms with van der Waals surface area (Å²) in [6.07, 6.45) is 1.64. The smallest absolute Gasteiger partial charge is 0.226 e. The Bertz CT molecular complexity index is 927. The molecule has 0 aliphatic rings. The van der Waals surface area contributed by atoms with E-state index in [1.165, 1.54) is 11.8 Å². The first-order chi connectivity index (χ1) is 12.1. The van der Waals surface area contributed by atoms with E-state index in [4.69, 9.17) is 9.15 Å². The van der Waals surface area contributed by atoms with Crippen molar-refractivity contribution in [1.82, 2.24) is 9.97 Å². The maximum Gasteiger partial charge on any atom is 0.226 e. The molecule has 0 aliphatic heterocycles. The molecule has 5 nitrogen and oxygen atoms in total. The Morgan fingerprint density at radius 3 is 2.64 bits per heavy atom. The summed E-state index contributed by atoms with van der Waals surface area (Å²) >= 11 is 1.49. The Balaban J connectivity index is 1.75. The first-order valence-electron chi connectivity index (χ1n) is 7.70. The normalized spacial score (nSPS) is 10.5. The van der Waals surface area contributed by atoms with Crippen molar-refractivity contribution in [3.8, 4) is 23.3 Å². The van der Waals surface area contributed by atoms with Crippen molar-refractivity contribution in [1.29, 1.82) is 5.26 Å². The molecular weight excluding hydrogens is 334 g/mol. The third kappa shape index (κ3) is 3.83.